The lowest BCUT2D eigenvalue weighted by Crippen LogP contribution is -2.27. The van der Waals surface area contributed by atoms with Crippen molar-refractivity contribution in [3.8, 4) is 0 Å². The molecule has 0 aliphatic carbocycles. The van der Waals surface area contributed by atoms with Crippen molar-refractivity contribution in [1.82, 2.24) is 8.75 Å². The quantitative estimate of drug-likeness (QED) is 0.868. The molecule has 96 valence electrons. The number of aromatic nitrogens is 2. The first-order valence-corrected chi connectivity index (χ1v) is 6.38. The van der Waals surface area contributed by atoms with Crippen LogP contribution in [0.2, 0.25) is 5.02 Å². The first kappa shape index (κ1) is 13.0. The minimum absolute atomic E-state index is 0.404. The molecule has 0 spiro atoms. The Morgan fingerprint density at radius 1 is 1.39 bits per heavy atom. The number of fused-ring (bicyclic) bond motifs is 1. The zero-order chi connectivity index (χ0) is 13.3. The van der Waals surface area contributed by atoms with Crippen LogP contribution in [0.15, 0.2) is 12.1 Å². The number of benzene rings is 1. The van der Waals surface area contributed by atoms with Crippen LogP contribution in [0.25, 0.3) is 11.0 Å². The molecule has 0 aliphatic rings. The van der Waals surface area contributed by atoms with E-state index in [1.807, 2.05) is 0 Å². The van der Waals surface area contributed by atoms with Gasteiger partial charge in [-0.25, -0.2) is 4.79 Å². The number of anilines is 1. The van der Waals surface area contributed by atoms with Crippen LogP contribution in [-0.4, -0.2) is 20.4 Å². The van der Waals surface area contributed by atoms with E-state index in [4.69, 9.17) is 16.3 Å². The Balaban J connectivity index is 2.28. The standard InChI is InChI=1S/C11H12ClN3O2S/c1-11(2,3)17-10(16)13-8-6(12)4-5-7-9(8)15-18-14-7/h4-5H,1-3H3,(H,13,16). The van der Waals surface area contributed by atoms with Gasteiger partial charge in [0.25, 0.3) is 0 Å². The van der Waals surface area contributed by atoms with Crippen molar-refractivity contribution in [3.05, 3.63) is 17.2 Å². The van der Waals surface area contributed by atoms with E-state index >= 15 is 0 Å². The van der Waals surface area contributed by atoms with Crippen LogP contribution in [0.4, 0.5) is 10.5 Å². The van der Waals surface area contributed by atoms with E-state index in [2.05, 4.69) is 14.1 Å². The maximum Gasteiger partial charge on any atom is 0.412 e. The second-order valence-corrected chi connectivity index (χ2v) is 5.62. The number of carbonyl (C=O) groups is 1. The number of halogens is 1. The van der Waals surface area contributed by atoms with E-state index in [1.165, 1.54) is 0 Å². The summed E-state index contributed by atoms with van der Waals surface area (Å²) in [5.74, 6) is 0. The highest BCUT2D eigenvalue weighted by Gasteiger charge is 2.19. The Hall–Kier alpha value is -1.40. The summed E-state index contributed by atoms with van der Waals surface area (Å²) < 4.78 is 13.4. The lowest BCUT2D eigenvalue weighted by molar-refractivity contribution is 0.0636. The van der Waals surface area contributed by atoms with E-state index < -0.39 is 11.7 Å². The molecule has 1 heterocycles. The topological polar surface area (TPSA) is 64.1 Å². The second-order valence-electron chi connectivity index (χ2n) is 4.68. The van der Waals surface area contributed by atoms with E-state index in [0.29, 0.717) is 21.7 Å². The van der Waals surface area contributed by atoms with Crippen LogP contribution in [0.1, 0.15) is 20.8 Å². The van der Waals surface area contributed by atoms with Gasteiger partial charge in [0.2, 0.25) is 0 Å². The van der Waals surface area contributed by atoms with Gasteiger partial charge >= 0.3 is 6.09 Å². The molecular formula is C11H12ClN3O2S. The molecule has 0 aliphatic heterocycles. The minimum atomic E-state index is -0.565. The van der Waals surface area contributed by atoms with Crippen LogP contribution < -0.4 is 5.32 Å². The maximum absolute atomic E-state index is 11.7. The van der Waals surface area contributed by atoms with E-state index in [0.717, 1.165) is 11.7 Å². The van der Waals surface area contributed by atoms with Crippen molar-refractivity contribution in [2.45, 2.75) is 26.4 Å². The van der Waals surface area contributed by atoms with Crippen molar-refractivity contribution in [1.29, 1.82) is 0 Å². The zero-order valence-corrected chi connectivity index (χ0v) is 11.7. The van der Waals surface area contributed by atoms with Gasteiger partial charge in [-0.1, -0.05) is 11.6 Å². The largest absolute Gasteiger partial charge is 0.444 e. The predicted molar refractivity (Wildman–Crippen MR) is 72.3 cm³/mol. The van der Waals surface area contributed by atoms with E-state index in [9.17, 15) is 4.79 Å². The monoisotopic (exact) mass is 285 g/mol. The summed E-state index contributed by atoms with van der Waals surface area (Å²) in [6, 6.07) is 3.42. The molecule has 0 bridgehead atoms. The molecule has 0 atom stereocenters. The number of hydrogen-bond acceptors (Lipinski definition) is 5. The van der Waals surface area contributed by atoms with Crippen LogP contribution in [0, 0.1) is 0 Å². The molecular weight excluding hydrogens is 274 g/mol. The first-order valence-electron chi connectivity index (χ1n) is 5.27. The summed E-state index contributed by atoms with van der Waals surface area (Å²) in [5, 5.41) is 3.01. The number of carbonyl (C=O) groups excluding carboxylic acids is 1. The predicted octanol–water partition coefficient (Wildman–Crippen LogP) is 3.69. The molecule has 2 aromatic rings. The highest BCUT2D eigenvalue weighted by molar-refractivity contribution is 7.00. The fourth-order valence-corrected chi connectivity index (χ4v) is 2.09. The van der Waals surface area contributed by atoms with Gasteiger partial charge < -0.3 is 4.74 Å². The van der Waals surface area contributed by atoms with Gasteiger partial charge in [-0.15, -0.1) is 0 Å². The molecule has 0 fully saturated rings. The number of rotatable bonds is 1. The fourth-order valence-electron chi connectivity index (χ4n) is 1.35. The number of nitrogens with one attached hydrogen (secondary N) is 1. The third-order valence-electron chi connectivity index (χ3n) is 2.00. The molecule has 1 amide bonds. The lowest BCUT2D eigenvalue weighted by Gasteiger charge is -2.20. The summed E-state index contributed by atoms with van der Waals surface area (Å²) in [4.78, 5) is 11.7. The van der Waals surface area contributed by atoms with Crippen LogP contribution >= 0.6 is 23.3 Å². The molecule has 7 heteroatoms. The summed E-state index contributed by atoms with van der Waals surface area (Å²) >= 11 is 7.11. The summed E-state index contributed by atoms with van der Waals surface area (Å²) in [6.07, 6.45) is -0.565. The lowest BCUT2D eigenvalue weighted by atomic mass is 10.2. The molecule has 0 saturated carbocycles. The molecule has 18 heavy (non-hydrogen) atoms. The Labute approximate surface area is 113 Å². The Bertz CT molecular complexity index is 591. The van der Waals surface area contributed by atoms with Crippen molar-refractivity contribution in [3.63, 3.8) is 0 Å². The molecule has 5 nitrogen and oxygen atoms in total. The van der Waals surface area contributed by atoms with Crippen molar-refractivity contribution in [2.75, 3.05) is 5.32 Å². The minimum Gasteiger partial charge on any atom is -0.444 e. The summed E-state index contributed by atoms with van der Waals surface area (Å²) in [6.45, 7) is 5.37. The molecule has 0 radical (unpaired) electrons. The van der Waals surface area contributed by atoms with Gasteiger partial charge in [-0.05, 0) is 32.9 Å². The van der Waals surface area contributed by atoms with Crippen molar-refractivity contribution < 1.29 is 9.53 Å². The van der Waals surface area contributed by atoms with Crippen molar-refractivity contribution in [2.24, 2.45) is 0 Å². The third-order valence-corrected chi connectivity index (χ3v) is 2.86. The Morgan fingerprint density at radius 3 is 2.78 bits per heavy atom. The number of nitrogens with zero attached hydrogens (tertiary/aromatic N) is 2. The summed E-state index contributed by atoms with van der Waals surface area (Å²) in [5.41, 5.74) is 1.12. The number of amides is 1. The van der Waals surface area contributed by atoms with Crippen molar-refractivity contribution >= 4 is 46.1 Å². The molecule has 1 aromatic heterocycles. The van der Waals surface area contributed by atoms with Gasteiger partial charge in [0.05, 0.1) is 22.4 Å². The molecule has 1 N–H and O–H groups in total. The van der Waals surface area contributed by atoms with Crippen LogP contribution in [0.5, 0.6) is 0 Å². The number of hydrogen-bond donors (Lipinski definition) is 1. The van der Waals surface area contributed by atoms with Crippen LogP contribution in [0.3, 0.4) is 0 Å². The average Bonchev–Trinajstić information content (AvgIpc) is 2.67. The van der Waals surface area contributed by atoms with Gasteiger partial charge in [0.1, 0.15) is 16.6 Å². The number of ether oxygens (including phenoxy) is 1. The smallest absolute Gasteiger partial charge is 0.412 e. The normalized spacial score (nSPS) is 11.6. The van der Waals surface area contributed by atoms with Gasteiger partial charge in [0.15, 0.2) is 0 Å². The Kier molecular flexibility index (Phi) is 3.41. The highest BCUT2D eigenvalue weighted by atomic mass is 35.5. The first-order chi connectivity index (χ1) is 8.37. The van der Waals surface area contributed by atoms with Gasteiger partial charge in [0, 0.05) is 0 Å². The summed E-state index contributed by atoms with van der Waals surface area (Å²) in [7, 11) is 0. The SMILES string of the molecule is CC(C)(C)OC(=O)Nc1c(Cl)ccc2nsnc12. The average molecular weight is 286 g/mol. The fraction of sp³-hybridized carbons (Fsp3) is 0.364. The maximum atomic E-state index is 11.7. The third kappa shape index (κ3) is 2.88. The van der Waals surface area contributed by atoms with E-state index in [-0.39, 0.29) is 0 Å². The molecule has 1 aromatic carbocycles. The van der Waals surface area contributed by atoms with E-state index in [1.54, 1.807) is 32.9 Å². The Morgan fingerprint density at radius 2 is 2.11 bits per heavy atom. The van der Waals surface area contributed by atoms with Crippen LogP contribution in [-0.2, 0) is 4.74 Å². The highest BCUT2D eigenvalue weighted by Crippen LogP contribution is 2.30. The molecule has 2 rings (SSSR count). The zero-order valence-electron chi connectivity index (χ0n) is 10.2. The van der Waals surface area contributed by atoms with Gasteiger partial charge in [-0.2, -0.15) is 8.75 Å². The molecule has 0 saturated heterocycles. The second kappa shape index (κ2) is 4.70. The molecule has 0 unspecified atom stereocenters. The van der Waals surface area contributed by atoms with Gasteiger partial charge in [-0.3, -0.25) is 5.32 Å².